The first kappa shape index (κ1) is 19.1. The van der Waals surface area contributed by atoms with E-state index >= 15 is 0 Å². The lowest BCUT2D eigenvalue weighted by Crippen LogP contribution is -2.40. The quantitative estimate of drug-likeness (QED) is 0.838. The van der Waals surface area contributed by atoms with E-state index in [1.165, 1.54) is 6.07 Å². The molecule has 0 bridgehead atoms. The summed E-state index contributed by atoms with van der Waals surface area (Å²) in [5.41, 5.74) is 0.0369. The number of nitrogens with zero attached hydrogens (tertiary/aromatic N) is 1. The van der Waals surface area contributed by atoms with Gasteiger partial charge >= 0.3 is 6.09 Å². The topological polar surface area (TPSA) is 50.8 Å². The number of likely N-dealkylation sites (tertiary alicyclic amines) is 1. The van der Waals surface area contributed by atoms with E-state index in [1.54, 1.807) is 24.1 Å². The molecule has 2 atom stereocenters. The Kier molecular flexibility index (Phi) is 6.22. The summed E-state index contributed by atoms with van der Waals surface area (Å²) in [7, 11) is 1.61. The summed E-state index contributed by atoms with van der Waals surface area (Å²) in [5, 5.41) is 3.28. The maximum Gasteiger partial charge on any atom is 0.410 e. The first-order valence-corrected chi connectivity index (χ1v) is 8.67. The summed E-state index contributed by atoms with van der Waals surface area (Å²) in [5.74, 6) is -0.271. The van der Waals surface area contributed by atoms with Crippen LogP contribution in [0.5, 0.6) is 0 Å². The Morgan fingerprint density at radius 3 is 2.71 bits per heavy atom. The van der Waals surface area contributed by atoms with Crippen molar-refractivity contribution in [3.63, 3.8) is 0 Å². The molecule has 1 unspecified atom stereocenters. The van der Waals surface area contributed by atoms with Crippen LogP contribution in [0.4, 0.5) is 9.18 Å². The second kappa shape index (κ2) is 7.80. The molecule has 0 spiro atoms. The number of ether oxygens (including phenoxy) is 2. The Morgan fingerprint density at radius 1 is 1.42 bits per heavy atom. The second-order valence-corrected chi connectivity index (χ2v) is 7.80. The molecule has 0 saturated carbocycles. The molecule has 0 aromatic heterocycles. The largest absolute Gasteiger partial charge is 0.444 e. The first-order chi connectivity index (χ1) is 11.2. The molecule has 0 radical (unpaired) electrons. The molecule has 1 aliphatic heterocycles. The molecule has 1 fully saturated rings. The van der Waals surface area contributed by atoms with E-state index in [1.807, 2.05) is 20.8 Å². The molecule has 1 N–H and O–H groups in total. The molecule has 1 heterocycles. The maximum atomic E-state index is 13.9. The van der Waals surface area contributed by atoms with Crippen LogP contribution in [-0.4, -0.2) is 48.9 Å². The summed E-state index contributed by atoms with van der Waals surface area (Å²) in [6.45, 7) is 6.78. The number of amides is 1. The summed E-state index contributed by atoms with van der Waals surface area (Å²) < 4.78 is 25.5. The molecule has 1 aromatic rings. The molecule has 1 aliphatic rings. The van der Waals surface area contributed by atoms with Crippen LogP contribution in [0.3, 0.4) is 0 Å². The van der Waals surface area contributed by atoms with Crippen molar-refractivity contribution in [1.82, 2.24) is 10.2 Å². The van der Waals surface area contributed by atoms with Crippen LogP contribution >= 0.6 is 15.9 Å². The zero-order chi connectivity index (χ0) is 17.9. The van der Waals surface area contributed by atoms with E-state index in [0.717, 1.165) is 0 Å². The van der Waals surface area contributed by atoms with Crippen molar-refractivity contribution in [1.29, 1.82) is 0 Å². The van der Waals surface area contributed by atoms with Gasteiger partial charge in [-0.25, -0.2) is 9.18 Å². The van der Waals surface area contributed by atoms with Gasteiger partial charge in [0.15, 0.2) is 0 Å². The van der Waals surface area contributed by atoms with Crippen LogP contribution in [-0.2, 0) is 16.0 Å². The standard InChI is InChI=1S/C17H24BrFN2O3/c1-17(2,3)24-16(22)21-9-14(15(10-21)23-4)20-8-11-5-6-12(18)7-13(11)19/h5-7,14-15,20H,8-10H2,1-4H3/t14?,15-/m0/s1. The van der Waals surface area contributed by atoms with Crippen LogP contribution in [0.25, 0.3) is 0 Å². The lowest BCUT2D eigenvalue weighted by molar-refractivity contribution is 0.0252. The third-order valence-electron chi connectivity index (χ3n) is 3.79. The third-order valence-corrected chi connectivity index (χ3v) is 4.28. The van der Waals surface area contributed by atoms with Crippen LogP contribution in [0, 0.1) is 5.82 Å². The van der Waals surface area contributed by atoms with E-state index in [4.69, 9.17) is 9.47 Å². The van der Waals surface area contributed by atoms with E-state index in [9.17, 15) is 9.18 Å². The Bertz CT molecular complexity index is 592. The second-order valence-electron chi connectivity index (χ2n) is 6.88. The zero-order valence-corrected chi connectivity index (χ0v) is 16.0. The molecule has 1 saturated heterocycles. The molecule has 2 rings (SSSR count). The van der Waals surface area contributed by atoms with Crippen LogP contribution in [0.1, 0.15) is 26.3 Å². The summed E-state index contributed by atoms with van der Waals surface area (Å²) in [6.07, 6.45) is -0.514. The van der Waals surface area contributed by atoms with Crippen molar-refractivity contribution in [2.45, 2.75) is 45.1 Å². The molecule has 5 nitrogen and oxygen atoms in total. The monoisotopic (exact) mass is 402 g/mol. The van der Waals surface area contributed by atoms with Crippen molar-refractivity contribution >= 4 is 22.0 Å². The van der Waals surface area contributed by atoms with Crippen LogP contribution in [0.15, 0.2) is 22.7 Å². The average Bonchev–Trinajstić information content (AvgIpc) is 2.88. The zero-order valence-electron chi connectivity index (χ0n) is 14.4. The molecule has 24 heavy (non-hydrogen) atoms. The van der Waals surface area contributed by atoms with Gasteiger partial charge < -0.3 is 19.7 Å². The van der Waals surface area contributed by atoms with Gasteiger partial charge in [-0.15, -0.1) is 0 Å². The van der Waals surface area contributed by atoms with Crippen molar-refractivity contribution in [2.75, 3.05) is 20.2 Å². The number of carbonyl (C=O) groups is 1. The van der Waals surface area contributed by atoms with Gasteiger partial charge in [0, 0.05) is 30.2 Å². The van der Waals surface area contributed by atoms with Crippen molar-refractivity contribution < 1.29 is 18.7 Å². The Balaban J connectivity index is 1.96. The SMILES string of the molecule is CO[C@H]1CN(C(=O)OC(C)(C)C)CC1NCc1ccc(Br)cc1F. The third kappa shape index (κ3) is 5.16. The van der Waals surface area contributed by atoms with Crippen molar-refractivity contribution in [2.24, 2.45) is 0 Å². The highest BCUT2D eigenvalue weighted by atomic mass is 79.9. The highest BCUT2D eigenvalue weighted by Crippen LogP contribution is 2.19. The maximum absolute atomic E-state index is 13.9. The molecular formula is C17H24BrFN2O3. The molecule has 1 aromatic carbocycles. The summed E-state index contributed by atoms with van der Waals surface area (Å²) in [4.78, 5) is 13.8. The fraction of sp³-hybridized carbons (Fsp3) is 0.588. The molecule has 7 heteroatoms. The number of methoxy groups -OCH3 is 1. The fourth-order valence-corrected chi connectivity index (χ4v) is 2.92. The van der Waals surface area contributed by atoms with Gasteiger partial charge in [0.2, 0.25) is 0 Å². The minimum absolute atomic E-state index is 0.0782. The first-order valence-electron chi connectivity index (χ1n) is 7.87. The number of carbonyl (C=O) groups excluding carboxylic acids is 1. The number of halogens is 2. The minimum atomic E-state index is -0.536. The average molecular weight is 403 g/mol. The molecular weight excluding hydrogens is 379 g/mol. The summed E-state index contributed by atoms with van der Waals surface area (Å²) in [6, 6.07) is 4.89. The van der Waals surface area contributed by atoms with Gasteiger partial charge in [-0.1, -0.05) is 22.0 Å². The fourth-order valence-electron chi connectivity index (χ4n) is 2.59. The van der Waals surface area contributed by atoms with Gasteiger partial charge in [-0.3, -0.25) is 0 Å². The highest BCUT2D eigenvalue weighted by Gasteiger charge is 2.37. The van der Waals surface area contributed by atoms with Crippen LogP contribution in [0.2, 0.25) is 0 Å². The Morgan fingerprint density at radius 2 is 2.12 bits per heavy atom. The number of hydrogen-bond donors (Lipinski definition) is 1. The number of rotatable bonds is 4. The van der Waals surface area contributed by atoms with Crippen LogP contribution < -0.4 is 5.32 Å². The summed E-state index contributed by atoms with van der Waals surface area (Å²) >= 11 is 3.24. The van der Waals surface area contributed by atoms with Gasteiger partial charge in [0.1, 0.15) is 11.4 Å². The van der Waals surface area contributed by atoms with Crippen molar-refractivity contribution in [3.8, 4) is 0 Å². The number of hydrogen-bond acceptors (Lipinski definition) is 4. The Hall–Kier alpha value is -1.18. The van der Waals surface area contributed by atoms with Gasteiger partial charge in [-0.05, 0) is 32.9 Å². The normalized spacial score (nSPS) is 21.2. The predicted octanol–water partition coefficient (Wildman–Crippen LogP) is 3.31. The molecule has 1 amide bonds. The number of nitrogens with one attached hydrogen (secondary N) is 1. The lowest BCUT2D eigenvalue weighted by Gasteiger charge is -2.24. The number of benzene rings is 1. The van der Waals surface area contributed by atoms with E-state index in [2.05, 4.69) is 21.2 Å². The molecule has 0 aliphatic carbocycles. The van der Waals surface area contributed by atoms with E-state index in [-0.39, 0.29) is 24.1 Å². The minimum Gasteiger partial charge on any atom is -0.444 e. The van der Waals surface area contributed by atoms with Gasteiger partial charge in [0.25, 0.3) is 0 Å². The Labute approximate surface area is 150 Å². The van der Waals surface area contributed by atoms with E-state index in [0.29, 0.717) is 29.7 Å². The van der Waals surface area contributed by atoms with Crippen molar-refractivity contribution in [3.05, 3.63) is 34.1 Å². The molecule has 134 valence electrons. The van der Waals surface area contributed by atoms with E-state index < -0.39 is 5.60 Å². The highest BCUT2D eigenvalue weighted by molar-refractivity contribution is 9.10. The van der Waals surface area contributed by atoms with Gasteiger partial charge in [-0.2, -0.15) is 0 Å². The lowest BCUT2D eigenvalue weighted by atomic mass is 10.1. The smallest absolute Gasteiger partial charge is 0.410 e. The van der Waals surface area contributed by atoms with Gasteiger partial charge in [0.05, 0.1) is 18.7 Å². The predicted molar refractivity (Wildman–Crippen MR) is 93.3 cm³/mol.